The molecule has 78 valence electrons. The summed E-state index contributed by atoms with van der Waals surface area (Å²) in [6.45, 7) is 1.36. The predicted molar refractivity (Wildman–Crippen MR) is 57.0 cm³/mol. The average Bonchev–Trinajstić information content (AvgIpc) is 2.52. The quantitative estimate of drug-likeness (QED) is 0.551. The minimum Gasteiger partial charge on any atom is -0.426 e. The standard InChI is InChI=1S/C10H9ClN2O2/c1-6(14)15-9-4-3-8(11)10-7(9)5-13(2)12-10/h3-5H,1-2H3. The van der Waals surface area contributed by atoms with Crippen molar-refractivity contribution in [1.29, 1.82) is 0 Å². The molecule has 2 rings (SSSR count). The van der Waals surface area contributed by atoms with E-state index in [2.05, 4.69) is 5.10 Å². The van der Waals surface area contributed by atoms with Crippen LogP contribution in [0, 0.1) is 0 Å². The number of fused-ring (bicyclic) bond motifs is 1. The Morgan fingerprint density at radius 1 is 1.53 bits per heavy atom. The summed E-state index contributed by atoms with van der Waals surface area (Å²) in [6, 6.07) is 3.32. The maximum atomic E-state index is 10.9. The molecule has 1 aromatic heterocycles. The van der Waals surface area contributed by atoms with Gasteiger partial charge in [-0.2, -0.15) is 5.10 Å². The van der Waals surface area contributed by atoms with Gasteiger partial charge in [-0.1, -0.05) is 11.6 Å². The van der Waals surface area contributed by atoms with Gasteiger partial charge in [-0.05, 0) is 12.1 Å². The van der Waals surface area contributed by atoms with Crippen LogP contribution >= 0.6 is 11.6 Å². The van der Waals surface area contributed by atoms with E-state index in [1.54, 1.807) is 30.1 Å². The van der Waals surface area contributed by atoms with Crippen LogP contribution in [0.25, 0.3) is 10.9 Å². The van der Waals surface area contributed by atoms with Gasteiger partial charge in [-0.25, -0.2) is 0 Å². The molecule has 0 aliphatic rings. The monoisotopic (exact) mass is 224 g/mol. The maximum Gasteiger partial charge on any atom is 0.308 e. The summed E-state index contributed by atoms with van der Waals surface area (Å²) in [7, 11) is 1.79. The molecule has 5 heteroatoms. The van der Waals surface area contributed by atoms with Crippen molar-refractivity contribution < 1.29 is 9.53 Å². The van der Waals surface area contributed by atoms with Crippen molar-refractivity contribution in [2.24, 2.45) is 7.05 Å². The Morgan fingerprint density at radius 2 is 2.27 bits per heavy atom. The second-order valence-corrected chi connectivity index (χ2v) is 3.61. The Morgan fingerprint density at radius 3 is 2.93 bits per heavy atom. The molecule has 0 saturated heterocycles. The Bertz CT molecular complexity index is 533. The molecule has 0 saturated carbocycles. The van der Waals surface area contributed by atoms with Crippen LogP contribution in [0.2, 0.25) is 5.02 Å². The number of benzene rings is 1. The zero-order valence-corrected chi connectivity index (χ0v) is 9.08. The highest BCUT2D eigenvalue weighted by atomic mass is 35.5. The Kier molecular flexibility index (Phi) is 2.36. The molecule has 0 fully saturated rings. The molecule has 1 aromatic carbocycles. The number of carbonyl (C=O) groups excluding carboxylic acids is 1. The lowest BCUT2D eigenvalue weighted by atomic mass is 10.2. The van der Waals surface area contributed by atoms with Gasteiger partial charge in [0.05, 0.1) is 10.4 Å². The first kappa shape index (κ1) is 9.98. The summed E-state index contributed by atoms with van der Waals surface area (Å²) in [5.41, 5.74) is 0.637. The van der Waals surface area contributed by atoms with Crippen molar-refractivity contribution in [2.45, 2.75) is 6.92 Å². The highest BCUT2D eigenvalue weighted by Gasteiger charge is 2.10. The van der Waals surface area contributed by atoms with Crippen LogP contribution in [0.1, 0.15) is 6.92 Å². The van der Waals surface area contributed by atoms with Crippen molar-refractivity contribution in [2.75, 3.05) is 0 Å². The molecule has 2 aromatic rings. The zero-order chi connectivity index (χ0) is 11.0. The van der Waals surface area contributed by atoms with Crippen molar-refractivity contribution in [3.63, 3.8) is 0 Å². The number of hydrogen-bond donors (Lipinski definition) is 0. The number of halogens is 1. The summed E-state index contributed by atoms with van der Waals surface area (Å²) >= 11 is 5.96. The molecule has 0 spiro atoms. The fraction of sp³-hybridized carbons (Fsp3) is 0.200. The fourth-order valence-electron chi connectivity index (χ4n) is 1.41. The molecule has 1 heterocycles. The minimum absolute atomic E-state index is 0.359. The number of nitrogens with zero attached hydrogens (tertiary/aromatic N) is 2. The van der Waals surface area contributed by atoms with Crippen molar-refractivity contribution in [3.05, 3.63) is 23.4 Å². The normalized spacial score (nSPS) is 10.6. The van der Waals surface area contributed by atoms with Crippen molar-refractivity contribution >= 4 is 28.5 Å². The molecule has 0 radical (unpaired) electrons. The summed E-state index contributed by atoms with van der Waals surface area (Å²) < 4.78 is 6.67. The molecule has 0 amide bonds. The van der Waals surface area contributed by atoms with Crippen LogP contribution in [0.3, 0.4) is 0 Å². The summed E-state index contributed by atoms with van der Waals surface area (Å²) in [5.74, 6) is 0.123. The van der Waals surface area contributed by atoms with Gasteiger partial charge in [-0.3, -0.25) is 9.48 Å². The van der Waals surface area contributed by atoms with E-state index in [-0.39, 0.29) is 5.97 Å². The lowest BCUT2D eigenvalue weighted by Gasteiger charge is -2.02. The number of aromatic nitrogens is 2. The first-order valence-corrected chi connectivity index (χ1v) is 4.76. The third-order valence-corrected chi connectivity index (χ3v) is 2.26. The molecular weight excluding hydrogens is 216 g/mol. The first-order chi connectivity index (χ1) is 7.08. The number of rotatable bonds is 1. The van der Waals surface area contributed by atoms with Gasteiger partial charge in [0.15, 0.2) is 0 Å². The van der Waals surface area contributed by atoms with Gasteiger partial charge in [0.1, 0.15) is 11.3 Å². The topological polar surface area (TPSA) is 44.1 Å². The van der Waals surface area contributed by atoms with E-state index in [0.717, 1.165) is 5.39 Å². The Hall–Kier alpha value is -1.55. The third kappa shape index (κ3) is 1.80. The summed E-state index contributed by atoms with van der Waals surface area (Å²) in [6.07, 6.45) is 1.76. The Labute approximate surface area is 91.4 Å². The van der Waals surface area contributed by atoms with Gasteiger partial charge in [0.25, 0.3) is 0 Å². The van der Waals surface area contributed by atoms with Gasteiger partial charge < -0.3 is 4.74 Å². The minimum atomic E-state index is -0.359. The van der Waals surface area contributed by atoms with Crippen LogP contribution in [0.4, 0.5) is 0 Å². The van der Waals surface area contributed by atoms with E-state index >= 15 is 0 Å². The molecule has 0 unspecified atom stereocenters. The lowest BCUT2D eigenvalue weighted by Crippen LogP contribution is -2.01. The van der Waals surface area contributed by atoms with Crippen LogP contribution in [0.15, 0.2) is 18.3 Å². The first-order valence-electron chi connectivity index (χ1n) is 4.38. The summed E-state index contributed by atoms with van der Waals surface area (Å²) in [4.78, 5) is 10.9. The molecule has 0 aliphatic heterocycles. The van der Waals surface area contributed by atoms with Gasteiger partial charge in [0, 0.05) is 20.2 Å². The van der Waals surface area contributed by atoms with E-state index < -0.39 is 0 Å². The van der Waals surface area contributed by atoms with Crippen LogP contribution in [-0.2, 0) is 11.8 Å². The Balaban J connectivity index is 2.65. The molecule has 4 nitrogen and oxygen atoms in total. The summed E-state index contributed by atoms with van der Waals surface area (Å²) in [5, 5.41) is 5.45. The van der Waals surface area contributed by atoms with E-state index in [1.165, 1.54) is 6.92 Å². The third-order valence-electron chi connectivity index (χ3n) is 1.96. The van der Waals surface area contributed by atoms with Gasteiger partial charge in [-0.15, -0.1) is 0 Å². The van der Waals surface area contributed by atoms with E-state index in [4.69, 9.17) is 16.3 Å². The van der Waals surface area contributed by atoms with E-state index in [0.29, 0.717) is 16.3 Å². The van der Waals surface area contributed by atoms with E-state index in [9.17, 15) is 4.79 Å². The second kappa shape index (κ2) is 3.55. The molecule has 15 heavy (non-hydrogen) atoms. The van der Waals surface area contributed by atoms with Crippen LogP contribution in [0.5, 0.6) is 5.75 Å². The zero-order valence-electron chi connectivity index (χ0n) is 8.32. The highest BCUT2D eigenvalue weighted by molar-refractivity contribution is 6.35. The highest BCUT2D eigenvalue weighted by Crippen LogP contribution is 2.30. The van der Waals surface area contributed by atoms with Gasteiger partial charge in [0.2, 0.25) is 0 Å². The largest absolute Gasteiger partial charge is 0.426 e. The molecule has 0 N–H and O–H groups in total. The predicted octanol–water partition coefficient (Wildman–Crippen LogP) is 2.15. The van der Waals surface area contributed by atoms with Crippen LogP contribution < -0.4 is 4.74 Å². The van der Waals surface area contributed by atoms with E-state index in [1.807, 2.05) is 0 Å². The fourth-order valence-corrected chi connectivity index (χ4v) is 1.61. The molecule has 0 aliphatic carbocycles. The van der Waals surface area contributed by atoms with Crippen LogP contribution in [-0.4, -0.2) is 15.7 Å². The molecular formula is C10H9ClN2O2. The number of carbonyl (C=O) groups is 1. The number of esters is 1. The van der Waals surface area contributed by atoms with Gasteiger partial charge >= 0.3 is 5.97 Å². The average molecular weight is 225 g/mol. The maximum absolute atomic E-state index is 10.9. The number of hydrogen-bond acceptors (Lipinski definition) is 3. The second-order valence-electron chi connectivity index (χ2n) is 3.20. The smallest absolute Gasteiger partial charge is 0.308 e. The molecule has 0 atom stereocenters. The van der Waals surface area contributed by atoms with Crippen molar-refractivity contribution in [3.8, 4) is 5.75 Å². The van der Waals surface area contributed by atoms with Crippen molar-refractivity contribution in [1.82, 2.24) is 9.78 Å². The SMILES string of the molecule is CC(=O)Oc1ccc(Cl)c2nn(C)cc12. The molecule has 0 bridgehead atoms. The lowest BCUT2D eigenvalue weighted by molar-refractivity contribution is -0.131. The number of aryl methyl sites for hydroxylation is 1. The number of ether oxygens (including phenoxy) is 1.